The largest absolute Gasteiger partial charge is 0.493 e. The molecule has 0 aromatic heterocycles. The molecule has 0 atom stereocenters. The second-order valence-corrected chi connectivity index (χ2v) is 7.69. The number of thioether (sulfide) groups is 1. The van der Waals surface area contributed by atoms with Crippen molar-refractivity contribution in [3.63, 3.8) is 0 Å². The average molecular weight is 439 g/mol. The van der Waals surface area contributed by atoms with Gasteiger partial charge >= 0.3 is 0 Å². The molecule has 8 heteroatoms. The van der Waals surface area contributed by atoms with Crippen LogP contribution < -0.4 is 14.8 Å². The molecule has 0 spiro atoms. The van der Waals surface area contributed by atoms with Crippen molar-refractivity contribution in [2.45, 2.75) is 6.92 Å². The van der Waals surface area contributed by atoms with Crippen LogP contribution in [0.15, 0.2) is 60.0 Å². The number of rotatable bonds is 8. The molecule has 7 nitrogen and oxygen atoms in total. The van der Waals surface area contributed by atoms with E-state index in [1.807, 2.05) is 31.2 Å². The van der Waals surface area contributed by atoms with Crippen LogP contribution in [0, 0.1) is 6.92 Å². The molecule has 1 aliphatic heterocycles. The molecule has 0 radical (unpaired) electrons. The summed E-state index contributed by atoms with van der Waals surface area (Å²) in [6.45, 7) is 5.51. The van der Waals surface area contributed by atoms with Gasteiger partial charge in [-0.25, -0.2) is 0 Å². The summed E-state index contributed by atoms with van der Waals surface area (Å²) in [5.74, 6) is 0.133. The molecular formula is C23H22N2O5S. The highest BCUT2D eigenvalue weighted by molar-refractivity contribution is 8.18. The van der Waals surface area contributed by atoms with Crippen molar-refractivity contribution in [1.29, 1.82) is 0 Å². The average Bonchev–Trinajstić information content (AvgIpc) is 3.02. The summed E-state index contributed by atoms with van der Waals surface area (Å²) >= 11 is 0.876. The van der Waals surface area contributed by atoms with Gasteiger partial charge in [-0.2, -0.15) is 0 Å². The summed E-state index contributed by atoms with van der Waals surface area (Å²) in [5, 5.41) is 2.43. The number of anilines is 1. The standard InChI is InChI=1S/C23H22N2O5S/c1-4-11-25-22(27)20(31-23(25)28)13-16-7-10-18(19(12-16)29-3)30-14-21(26)24-17-8-5-15(2)6-9-17/h4-10,12-13H,1,11,14H2,2-3H3,(H,24,26)/b20-13+. The lowest BCUT2D eigenvalue weighted by molar-refractivity contribution is -0.122. The maximum atomic E-state index is 12.3. The molecule has 1 heterocycles. The van der Waals surface area contributed by atoms with Crippen LogP contribution in [-0.2, 0) is 9.59 Å². The van der Waals surface area contributed by atoms with E-state index < -0.39 is 0 Å². The van der Waals surface area contributed by atoms with Crippen molar-refractivity contribution >= 4 is 40.6 Å². The van der Waals surface area contributed by atoms with Crippen molar-refractivity contribution in [2.75, 3.05) is 25.6 Å². The van der Waals surface area contributed by atoms with Gasteiger partial charge in [0, 0.05) is 12.2 Å². The molecule has 2 aromatic carbocycles. The number of hydrogen-bond acceptors (Lipinski definition) is 6. The molecule has 0 unspecified atom stereocenters. The number of nitrogens with one attached hydrogen (secondary N) is 1. The Morgan fingerprint density at radius 3 is 2.58 bits per heavy atom. The second kappa shape index (κ2) is 9.99. The summed E-state index contributed by atoms with van der Waals surface area (Å²) in [7, 11) is 1.48. The molecule has 1 aliphatic rings. The Morgan fingerprint density at radius 1 is 1.16 bits per heavy atom. The minimum Gasteiger partial charge on any atom is -0.493 e. The fraction of sp³-hybridized carbons (Fsp3) is 0.174. The number of hydrogen-bond donors (Lipinski definition) is 1. The van der Waals surface area contributed by atoms with Gasteiger partial charge in [0.05, 0.1) is 12.0 Å². The van der Waals surface area contributed by atoms with Crippen LogP contribution in [0.5, 0.6) is 11.5 Å². The van der Waals surface area contributed by atoms with Gasteiger partial charge in [-0.05, 0) is 54.6 Å². The first-order chi connectivity index (χ1) is 14.9. The van der Waals surface area contributed by atoms with Gasteiger partial charge in [0.2, 0.25) is 0 Å². The minimum atomic E-state index is -0.359. The van der Waals surface area contributed by atoms with Crippen molar-refractivity contribution < 1.29 is 23.9 Å². The van der Waals surface area contributed by atoms with Crippen LogP contribution in [0.4, 0.5) is 10.5 Å². The van der Waals surface area contributed by atoms with E-state index in [0.29, 0.717) is 27.7 Å². The molecule has 0 bridgehead atoms. The first-order valence-corrected chi connectivity index (χ1v) is 10.3. The predicted octanol–water partition coefficient (Wildman–Crippen LogP) is 4.24. The summed E-state index contributed by atoms with van der Waals surface area (Å²) < 4.78 is 10.9. The van der Waals surface area contributed by atoms with E-state index in [4.69, 9.17) is 9.47 Å². The van der Waals surface area contributed by atoms with Crippen LogP contribution in [0.3, 0.4) is 0 Å². The fourth-order valence-electron chi connectivity index (χ4n) is 2.81. The number of nitrogens with zero attached hydrogens (tertiary/aromatic N) is 1. The predicted molar refractivity (Wildman–Crippen MR) is 121 cm³/mol. The molecule has 0 saturated carbocycles. The number of benzene rings is 2. The Balaban J connectivity index is 1.66. The van der Waals surface area contributed by atoms with Gasteiger partial charge in [-0.3, -0.25) is 19.3 Å². The molecule has 160 valence electrons. The molecule has 31 heavy (non-hydrogen) atoms. The van der Waals surface area contributed by atoms with E-state index in [1.165, 1.54) is 13.2 Å². The van der Waals surface area contributed by atoms with Gasteiger partial charge in [0.25, 0.3) is 17.1 Å². The minimum absolute atomic E-state index is 0.169. The lowest BCUT2D eigenvalue weighted by atomic mass is 10.2. The summed E-state index contributed by atoms with van der Waals surface area (Å²) in [6.07, 6.45) is 3.12. The third-order valence-corrected chi connectivity index (χ3v) is 5.27. The van der Waals surface area contributed by atoms with Gasteiger partial charge < -0.3 is 14.8 Å². The Hall–Kier alpha value is -3.52. The van der Waals surface area contributed by atoms with Crippen LogP contribution >= 0.6 is 11.8 Å². The van der Waals surface area contributed by atoms with Gasteiger partial charge in [0.1, 0.15) is 0 Å². The van der Waals surface area contributed by atoms with Crippen LogP contribution in [0.25, 0.3) is 6.08 Å². The first-order valence-electron chi connectivity index (χ1n) is 9.45. The highest BCUT2D eigenvalue weighted by atomic mass is 32.2. The molecule has 3 rings (SSSR count). The van der Waals surface area contributed by atoms with Crippen LogP contribution in [-0.4, -0.2) is 42.2 Å². The lowest BCUT2D eigenvalue weighted by Crippen LogP contribution is -2.27. The van der Waals surface area contributed by atoms with Crippen LogP contribution in [0.2, 0.25) is 0 Å². The third-order valence-electron chi connectivity index (χ3n) is 4.36. The van der Waals surface area contributed by atoms with Crippen molar-refractivity contribution in [1.82, 2.24) is 4.90 Å². The van der Waals surface area contributed by atoms with Crippen molar-refractivity contribution in [2.24, 2.45) is 0 Å². The molecular weight excluding hydrogens is 416 g/mol. The van der Waals surface area contributed by atoms with E-state index in [2.05, 4.69) is 11.9 Å². The molecule has 1 N–H and O–H groups in total. The first kappa shape index (κ1) is 22.2. The second-order valence-electron chi connectivity index (χ2n) is 6.69. The molecule has 2 aromatic rings. The zero-order valence-electron chi connectivity index (χ0n) is 17.2. The number of ether oxygens (including phenoxy) is 2. The van der Waals surface area contributed by atoms with Crippen LogP contribution in [0.1, 0.15) is 11.1 Å². The number of imide groups is 1. The van der Waals surface area contributed by atoms with Crippen molar-refractivity contribution in [3.05, 3.63) is 71.2 Å². The number of methoxy groups -OCH3 is 1. The zero-order valence-corrected chi connectivity index (χ0v) is 18.0. The lowest BCUT2D eigenvalue weighted by Gasteiger charge is -2.12. The maximum Gasteiger partial charge on any atom is 0.293 e. The summed E-state index contributed by atoms with van der Waals surface area (Å²) in [6, 6.07) is 12.5. The summed E-state index contributed by atoms with van der Waals surface area (Å²) in [5.41, 5.74) is 2.45. The smallest absolute Gasteiger partial charge is 0.293 e. The topological polar surface area (TPSA) is 84.9 Å². The molecule has 0 aliphatic carbocycles. The van der Waals surface area contributed by atoms with E-state index >= 15 is 0 Å². The van der Waals surface area contributed by atoms with Gasteiger partial charge in [-0.15, -0.1) is 6.58 Å². The highest BCUT2D eigenvalue weighted by Crippen LogP contribution is 2.34. The Kier molecular flexibility index (Phi) is 7.15. The van der Waals surface area contributed by atoms with Crippen molar-refractivity contribution in [3.8, 4) is 11.5 Å². The van der Waals surface area contributed by atoms with E-state index in [-0.39, 0.29) is 30.2 Å². The van der Waals surface area contributed by atoms with E-state index in [1.54, 1.807) is 24.3 Å². The Morgan fingerprint density at radius 2 is 1.90 bits per heavy atom. The fourth-order valence-corrected chi connectivity index (χ4v) is 3.66. The highest BCUT2D eigenvalue weighted by Gasteiger charge is 2.34. The number of amides is 3. The van der Waals surface area contributed by atoms with E-state index in [9.17, 15) is 14.4 Å². The normalized spacial score (nSPS) is 14.6. The number of carbonyl (C=O) groups is 3. The zero-order chi connectivity index (χ0) is 22.4. The monoisotopic (exact) mass is 438 g/mol. The molecule has 1 fully saturated rings. The Bertz CT molecular complexity index is 1050. The van der Waals surface area contributed by atoms with Gasteiger partial charge in [-0.1, -0.05) is 29.8 Å². The maximum absolute atomic E-state index is 12.3. The van der Waals surface area contributed by atoms with Gasteiger partial charge in [0.15, 0.2) is 18.1 Å². The molecule has 1 saturated heterocycles. The number of carbonyl (C=O) groups excluding carboxylic acids is 3. The Labute approximate surface area is 184 Å². The van der Waals surface area contributed by atoms with E-state index in [0.717, 1.165) is 22.2 Å². The third kappa shape index (κ3) is 5.55. The number of aryl methyl sites for hydroxylation is 1. The molecule has 3 amide bonds. The summed E-state index contributed by atoms with van der Waals surface area (Å²) in [4.78, 5) is 37.9. The quantitative estimate of drug-likeness (QED) is 0.490. The SMILES string of the molecule is C=CCN1C(=O)S/C(=C/c2ccc(OCC(=O)Nc3ccc(C)cc3)c(OC)c2)C1=O.